The summed E-state index contributed by atoms with van der Waals surface area (Å²) in [6.45, 7) is 3.78. The van der Waals surface area contributed by atoms with E-state index < -0.39 is 0 Å². The van der Waals surface area contributed by atoms with Crippen LogP contribution in [0.15, 0.2) is 24.4 Å². The number of piperidine rings is 1. The molecule has 0 aromatic carbocycles. The van der Waals surface area contributed by atoms with Gasteiger partial charge >= 0.3 is 0 Å². The molecule has 31 heavy (non-hydrogen) atoms. The van der Waals surface area contributed by atoms with E-state index in [0.717, 1.165) is 63.9 Å². The molecular weight excluding hydrogens is 392 g/mol. The van der Waals surface area contributed by atoms with Crippen LogP contribution in [0.25, 0.3) is 0 Å². The van der Waals surface area contributed by atoms with Crippen molar-refractivity contribution < 1.29 is 14.4 Å². The highest BCUT2D eigenvalue weighted by Crippen LogP contribution is 2.22. The van der Waals surface area contributed by atoms with Gasteiger partial charge in [-0.25, -0.2) is 0 Å². The molecule has 0 saturated carbocycles. The Kier molecular flexibility index (Phi) is 8.85. The van der Waals surface area contributed by atoms with Crippen molar-refractivity contribution in [3.63, 3.8) is 0 Å². The molecule has 2 fully saturated rings. The molecule has 170 valence electrons. The SMILES string of the molecule is CN(CCc1ccccn1)C(=O)CC[C@@H]1CCCN(C(=O)CCCN2CCCC2=O)C1. The number of rotatable bonds is 10. The van der Waals surface area contributed by atoms with Crippen LogP contribution in [-0.2, 0) is 20.8 Å². The Hall–Kier alpha value is -2.44. The van der Waals surface area contributed by atoms with Crippen LogP contribution in [0.2, 0.25) is 0 Å². The highest BCUT2D eigenvalue weighted by Gasteiger charge is 2.25. The number of carbonyl (C=O) groups is 3. The van der Waals surface area contributed by atoms with Gasteiger partial charge in [-0.1, -0.05) is 6.07 Å². The minimum atomic E-state index is 0.162. The largest absolute Gasteiger partial charge is 0.345 e. The quantitative estimate of drug-likeness (QED) is 0.574. The summed E-state index contributed by atoms with van der Waals surface area (Å²) in [5, 5.41) is 0. The number of likely N-dealkylation sites (N-methyl/N-ethyl adjacent to an activating group) is 1. The Balaban J connectivity index is 1.33. The van der Waals surface area contributed by atoms with Gasteiger partial charge in [0.1, 0.15) is 0 Å². The Morgan fingerprint density at radius 2 is 2.06 bits per heavy atom. The highest BCUT2D eigenvalue weighted by atomic mass is 16.2. The fraction of sp³-hybridized carbons (Fsp3) is 0.667. The summed E-state index contributed by atoms with van der Waals surface area (Å²) in [6, 6.07) is 5.84. The number of amides is 3. The molecule has 2 aliphatic heterocycles. The maximum atomic E-state index is 12.6. The van der Waals surface area contributed by atoms with Gasteiger partial charge in [0.15, 0.2) is 0 Å². The van der Waals surface area contributed by atoms with Crippen LogP contribution in [-0.4, -0.2) is 77.2 Å². The predicted octanol–water partition coefficient (Wildman–Crippen LogP) is 2.50. The first-order valence-electron chi connectivity index (χ1n) is 11.7. The van der Waals surface area contributed by atoms with E-state index in [2.05, 4.69) is 4.98 Å². The minimum absolute atomic E-state index is 0.162. The van der Waals surface area contributed by atoms with E-state index in [-0.39, 0.29) is 17.7 Å². The van der Waals surface area contributed by atoms with Gasteiger partial charge in [0.05, 0.1) is 0 Å². The van der Waals surface area contributed by atoms with E-state index in [1.54, 1.807) is 11.1 Å². The third kappa shape index (κ3) is 7.33. The van der Waals surface area contributed by atoms with Crippen LogP contribution in [0.3, 0.4) is 0 Å². The monoisotopic (exact) mass is 428 g/mol. The molecule has 3 rings (SSSR count). The average Bonchev–Trinajstić information content (AvgIpc) is 3.21. The summed E-state index contributed by atoms with van der Waals surface area (Å²) in [5.41, 5.74) is 0.998. The molecule has 0 radical (unpaired) electrons. The van der Waals surface area contributed by atoms with Gasteiger partial charge in [-0.15, -0.1) is 0 Å². The van der Waals surface area contributed by atoms with Crippen molar-refractivity contribution in [1.82, 2.24) is 19.7 Å². The number of nitrogens with zero attached hydrogens (tertiary/aromatic N) is 4. The predicted molar refractivity (Wildman–Crippen MR) is 119 cm³/mol. The third-order valence-electron chi connectivity index (χ3n) is 6.48. The molecule has 0 unspecified atom stereocenters. The number of hydrogen-bond donors (Lipinski definition) is 0. The summed E-state index contributed by atoms with van der Waals surface area (Å²) in [6.07, 6.45) is 8.83. The smallest absolute Gasteiger partial charge is 0.222 e. The van der Waals surface area contributed by atoms with E-state index in [1.807, 2.05) is 35.0 Å². The molecule has 7 nitrogen and oxygen atoms in total. The highest BCUT2D eigenvalue weighted by molar-refractivity contribution is 5.78. The zero-order chi connectivity index (χ0) is 22.1. The van der Waals surface area contributed by atoms with Crippen molar-refractivity contribution in [3.8, 4) is 0 Å². The third-order valence-corrected chi connectivity index (χ3v) is 6.48. The first-order valence-corrected chi connectivity index (χ1v) is 11.7. The standard InChI is InChI=1S/C24H36N4O3/c1-26(18-13-21-8-2-3-14-25-21)22(29)12-11-20-7-4-17-28(19-20)24(31)10-6-16-27-15-5-9-23(27)30/h2-3,8,14,20H,4-7,9-13,15-19H2,1H3/t20-/m0/s1. The van der Waals surface area contributed by atoms with Crippen LogP contribution >= 0.6 is 0 Å². The zero-order valence-corrected chi connectivity index (χ0v) is 18.8. The van der Waals surface area contributed by atoms with E-state index >= 15 is 0 Å². The number of likely N-dealkylation sites (tertiary alicyclic amines) is 2. The topological polar surface area (TPSA) is 73.8 Å². The van der Waals surface area contributed by atoms with E-state index in [1.165, 1.54) is 0 Å². The lowest BCUT2D eigenvalue weighted by molar-refractivity contribution is -0.134. The van der Waals surface area contributed by atoms with E-state index in [0.29, 0.717) is 38.3 Å². The van der Waals surface area contributed by atoms with Gasteiger partial charge < -0.3 is 14.7 Å². The molecule has 0 N–H and O–H groups in total. The molecule has 1 atom stereocenters. The number of pyridine rings is 1. The molecule has 7 heteroatoms. The van der Waals surface area contributed by atoms with Crippen molar-refractivity contribution in [2.45, 2.75) is 57.8 Å². The van der Waals surface area contributed by atoms with Crippen molar-refractivity contribution >= 4 is 17.7 Å². The molecule has 1 aromatic heterocycles. The molecule has 3 heterocycles. The maximum Gasteiger partial charge on any atom is 0.222 e. The molecule has 0 bridgehead atoms. The van der Waals surface area contributed by atoms with Crippen molar-refractivity contribution in [2.75, 3.05) is 39.8 Å². The van der Waals surface area contributed by atoms with Crippen LogP contribution in [0.5, 0.6) is 0 Å². The fourth-order valence-electron chi connectivity index (χ4n) is 4.52. The fourth-order valence-corrected chi connectivity index (χ4v) is 4.52. The summed E-state index contributed by atoms with van der Waals surface area (Å²) in [7, 11) is 1.85. The Labute approximate surface area is 185 Å². The Morgan fingerprint density at radius 3 is 2.81 bits per heavy atom. The minimum Gasteiger partial charge on any atom is -0.345 e. The molecular formula is C24H36N4O3. The van der Waals surface area contributed by atoms with Gasteiger partial charge in [0.25, 0.3) is 0 Å². The lowest BCUT2D eigenvalue weighted by atomic mass is 9.93. The lowest BCUT2D eigenvalue weighted by Gasteiger charge is -2.33. The molecule has 2 saturated heterocycles. The molecule has 1 aromatic rings. The summed E-state index contributed by atoms with van der Waals surface area (Å²) in [5.74, 6) is 0.968. The van der Waals surface area contributed by atoms with Crippen LogP contribution < -0.4 is 0 Å². The Bertz CT molecular complexity index is 740. The van der Waals surface area contributed by atoms with Crippen LogP contribution in [0, 0.1) is 5.92 Å². The van der Waals surface area contributed by atoms with Gasteiger partial charge in [-0.3, -0.25) is 19.4 Å². The first-order chi connectivity index (χ1) is 15.0. The number of carbonyl (C=O) groups excluding carboxylic acids is 3. The van der Waals surface area contributed by atoms with Crippen LogP contribution in [0.4, 0.5) is 0 Å². The normalized spacial score (nSPS) is 19.0. The summed E-state index contributed by atoms with van der Waals surface area (Å²) < 4.78 is 0. The molecule has 0 aliphatic carbocycles. The molecule has 3 amide bonds. The average molecular weight is 429 g/mol. The van der Waals surface area contributed by atoms with Gasteiger partial charge in [0.2, 0.25) is 17.7 Å². The first kappa shape index (κ1) is 23.2. The van der Waals surface area contributed by atoms with Gasteiger partial charge in [-0.05, 0) is 50.2 Å². The van der Waals surface area contributed by atoms with E-state index in [4.69, 9.17) is 0 Å². The Morgan fingerprint density at radius 1 is 1.19 bits per heavy atom. The van der Waals surface area contributed by atoms with E-state index in [9.17, 15) is 14.4 Å². The maximum absolute atomic E-state index is 12.6. The molecule has 2 aliphatic rings. The summed E-state index contributed by atoms with van der Waals surface area (Å²) in [4.78, 5) is 46.7. The summed E-state index contributed by atoms with van der Waals surface area (Å²) >= 11 is 0. The second-order valence-corrected chi connectivity index (χ2v) is 8.86. The second kappa shape index (κ2) is 11.8. The van der Waals surface area contributed by atoms with Crippen molar-refractivity contribution in [3.05, 3.63) is 30.1 Å². The zero-order valence-electron chi connectivity index (χ0n) is 18.8. The van der Waals surface area contributed by atoms with Gasteiger partial charge in [-0.2, -0.15) is 0 Å². The second-order valence-electron chi connectivity index (χ2n) is 8.86. The van der Waals surface area contributed by atoms with Crippen molar-refractivity contribution in [1.29, 1.82) is 0 Å². The van der Waals surface area contributed by atoms with Crippen LogP contribution in [0.1, 0.15) is 57.1 Å². The number of hydrogen-bond acceptors (Lipinski definition) is 4. The lowest BCUT2D eigenvalue weighted by Crippen LogP contribution is -2.40. The number of aromatic nitrogens is 1. The van der Waals surface area contributed by atoms with Gasteiger partial charge in [0, 0.05) is 77.3 Å². The molecule has 0 spiro atoms. The van der Waals surface area contributed by atoms with Crippen molar-refractivity contribution in [2.24, 2.45) is 5.92 Å².